The molecule has 1 aromatic heterocycles. The number of nitrogens with two attached hydrogens (primary N) is 1. The highest BCUT2D eigenvalue weighted by Crippen LogP contribution is 2.12. The van der Waals surface area contributed by atoms with Gasteiger partial charge in [0.2, 0.25) is 0 Å². The Morgan fingerprint density at radius 3 is 2.93 bits per heavy atom. The summed E-state index contributed by atoms with van der Waals surface area (Å²) in [5.74, 6) is 5.49. The Morgan fingerprint density at radius 1 is 1.71 bits per heavy atom. The normalized spacial score (nSPS) is 15.4. The third-order valence-corrected chi connectivity index (χ3v) is 3.05. The minimum absolute atomic E-state index is 0.135. The summed E-state index contributed by atoms with van der Waals surface area (Å²) >= 11 is 1.64. The maximum absolute atomic E-state index is 5.49. The number of nitrogens with zero attached hydrogens (tertiary/aromatic N) is 1. The number of hydrogen-bond donors (Lipinski definition) is 2. The topological polar surface area (TPSA) is 60.2 Å². The molecule has 0 aliphatic rings. The van der Waals surface area contributed by atoms with Crippen LogP contribution in [-0.2, 0) is 11.2 Å². The Morgan fingerprint density at radius 2 is 2.50 bits per heavy atom. The van der Waals surface area contributed by atoms with Gasteiger partial charge in [-0.05, 0) is 6.42 Å². The molecular formula is C9H17N3OS. The minimum atomic E-state index is 0.135. The van der Waals surface area contributed by atoms with Gasteiger partial charge in [0.25, 0.3) is 0 Å². The van der Waals surface area contributed by atoms with Gasteiger partial charge in [-0.2, -0.15) is 0 Å². The summed E-state index contributed by atoms with van der Waals surface area (Å²) in [4.78, 5) is 4.22. The first kappa shape index (κ1) is 11.6. The van der Waals surface area contributed by atoms with Crippen molar-refractivity contribution in [2.45, 2.75) is 31.9 Å². The first-order chi connectivity index (χ1) is 6.81. The van der Waals surface area contributed by atoms with E-state index in [1.54, 1.807) is 24.6 Å². The van der Waals surface area contributed by atoms with Crippen LogP contribution in [0.4, 0.5) is 0 Å². The van der Waals surface area contributed by atoms with Crippen LogP contribution in [0.5, 0.6) is 0 Å². The first-order valence-corrected chi connectivity index (χ1v) is 5.57. The first-order valence-electron chi connectivity index (χ1n) is 4.69. The van der Waals surface area contributed by atoms with E-state index in [4.69, 9.17) is 10.6 Å². The van der Waals surface area contributed by atoms with Gasteiger partial charge in [-0.3, -0.25) is 11.3 Å². The molecule has 0 saturated carbocycles. The van der Waals surface area contributed by atoms with Crippen LogP contribution < -0.4 is 11.3 Å². The summed E-state index contributed by atoms with van der Waals surface area (Å²) in [7, 11) is 1.71. The number of aromatic nitrogens is 1. The lowest BCUT2D eigenvalue weighted by molar-refractivity contribution is 0.0653. The molecule has 80 valence electrons. The fraction of sp³-hybridized carbons (Fsp3) is 0.667. The van der Waals surface area contributed by atoms with Crippen LogP contribution in [0.3, 0.4) is 0 Å². The molecule has 0 aliphatic heterocycles. The Labute approximate surface area is 88.5 Å². The second-order valence-corrected chi connectivity index (χ2v) is 4.06. The molecule has 0 bridgehead atoms. The molecule has 0 aromatic carbocycles. The number of ether oxygens (including phenoxy) is 1. The maximum Gasteiger partial charge on any atom is 0.0941 e. The molecule has 2 atom stereocenters. The predicted molar refractivity (Wildman–Crippen MR) is 58.0 cm³/mol. The van der Waals surface area contributed by atoms with Crippen molar-refractivity contribution in [3.05, 3.63) is 16.6 Å². The number of hydrazine groups is 1. The molecule has 0 aliphatic carbocycles. The third kappa shape index (κ3) is 3.02. The van der Waals surface area contributed by atoms with E-state index in [2.05, 4.69) is 17.3 Å². The van der Waals surface area contributed by atoms with E-state index in [-0.39, 0.29) is 12.1 Å². The monoisotopic (exact) mass is 215 g/mol. The lowest BCUT2D eigenvalue weighted by Gasteiger charge is -2.23. The van der Waals surface area contributed by atoms with Gasteiger partial charge in [0.15, 0.2) is 0 Å². The van der Waals surface area contributed by atoms with Gasteiger partial charge in [-0.25, -0.2) is 4.98 Å². The second-order valence-electron chi connectivity index (χ2n) is 3.09. The van der Waals surface area contributed by atoms with Crippen LogP contribution in [0.25, 0.3) is 0 Å². The summed E-state index contributed by atoms with van der Waals surface area (Å²) in [6, 6.07) is 0.135. The van der Waals surface area contributed by atoms with Crippen LogP contribution in [0, 0.1) is 0 Å². The van der Waals surface area contributed by atoms with E-state index in [9.17, 15) is 0 Å². The zero-order chi connectivity index (χ0) is 10.4. The highest BCUT2D eigenvalue weighted by atomic mass is 32.1. The molecule has 5 heteroatoms. The summed E-state index contributed by atoms with van der Waals surface area (Å²) in [5.41, 5.74) is 2.78. The summed E-state index contributed by atoms with van der Waals surface area (Å²) in [6.07, 6.45) is 3.71. The fourth-order valence-electron chi connectivity index (χ4n) is 1.46. The van der Waals surface area contributed by atoms with Crippen molar-refractivity contribution in [3.63, 3.8) is 0 Å². The van der Waals surface area contributed by atoms with Gasteiger partial charge >= 0.3 is 0 Å². The van der Waals surface area contributed by atoms with Crippen LogP contribution in [-0.4, -0.2) is 24.2 Å². The molecule has 2 unspecified atom stereocenters. The molecule has 3 N–H and O–H groups in total. The second kappa shape index (κ2) is 6.08. The number of nitrogens with one attached hydrogen (secondary N) is 1. The standard InChI is InChI=1S/C9H17N3OS/c1-3-8(13-2)7(12-10)6-9-11-4-5-14-9/h4-5,7-8,12H,3,6,10H2,1-2H3. The molecular weight excluding hydrogens is 198 g/mol. The Hall–Kier alpha value is -0.490. The van der Waals surface area contributed by atoms with Crippen molar-refractivity contribution in [3.8, 4) is 0 Å². The van der Waals surface area contributed by atoms with Crippen molar-refractivity contribution < 1.29 is 4.74 Å². The van der Waals surface area contributed by atoms with Crippen LogP contribution in [0.2, 0.25) is 0 Å². The molecule has 0 amide bonds. The summed E-state index contributed by atoms with van der Waals surface area (Å²) < 4.78 is 5.34. The molecule has 14 heavy (non-hydrogen) atoms. The number of methoxy groups -OCH3 is 1. The van der Waals surface area contributed by atoms with Gasteiger partial charge in [0.05, 0.1) is 17.2 Å². The van der Waals surface area contributed by atoms with Gasteiger partial charge in [-0.15, -0.1) is 11.3 Å². The largest absolute Gasteiger partial charge is 0.380 e. The highest BCUT2D eigenvalue weighted by Gasteiger charge is 2.19. The van der Waals surface area contributed by atoms with Crippen molar-refractivity contribution in [1.82, 2.24) is 10.4 Å². The third-order valence-electron chi connectivity index (χ3n) is 2.25. The van der Waals surface area contributed by atoms with E-state index in [0.717, 1.165) is 17.8 Å². The minimum Gasteiger partial charge on any atom is -0.380 e. The molecule has 0 spiro atoms. The molecule has 0 fully saturated rings. The number of thiazole rings is 1. The van der Waals surface area contributed by atoms with Crippen molar-refractivity contribution in [2.24, 2.45) is 5.84 Å². The van der Waals surface area contributed by atoms with Gasteiger partial charge in [-0.1, -0.05) is 6.92 Å². The smallest absolute Gasteiger partial charge is 0.0941 e. The van der Waals surface area contributed by atoms with E-state index in [1.165, 1.54) is 0 Å². The fourth-order valence-corrected chi connectivity index (χ4v) is 2.13. The highest BCUT2D eigenvalue weighted by molar-refractivity contribution is 7.09. The van der Waals surface area contributed by atoms with E-state index < -0.39 is 0 Å². The zero-order valence-electron chi connectivity index (χ0n) is 8.56. The molecule has 1 heterocycles. The number of hydrogen-bond acceptors (Lipinski definition) is 5. The lowest BCUT2D eigenvalue weighted by atomic mass is 10.1. The van der Waals surface area contributed by atoms with E-state index in [0.29, 0.717) is 0 Å². The van der Waals surface area contributed by atoms with Crippen LogP contribution >= 0.6 is 11.3 Å². The maximum atomic E-state index is 5.49. The van der Waals surface area contributed by atoms with E-state index in [1.807, 2.05) is 5.38 Å². The quantitative estimate of drug-likeness (QED) is 0.548. The average Bonchev–Trinajstić information content (AvgIpc) is 2.70. The summed E-state index contributed by atoms with van der Waals surface area (Å²) in [6.45, 7) is 2.08. The molecule has 0 saturated heterocycles. The molecule has 1 rings (SSSR count). The summed E-state index contributed by atoms with van der Waals surface area (Å²) in [5, 5.41) is 3.06. The Kier molecular flexibility index (Phi) is 5.03. The lowest BCUT2D eigenvalue weighted by Crippen LogP contribution is -2.46. The molecule has 4 nitrogen and oxygen atoms in total. The van der Waals surface area contributed by atoms with Crippen molar-refractivity contribution >= 4 is 11.3 Å². The predicted octanol–water partition coefficient (Wildman–Crippen LogP) is 0.942. The van der Waals surface area contributed by atoms with Crippen LogP contribution in [0.1, 0.15) is 18.4 Å². The van der Waals surface area contributed by atoms with Gasteiger partial charge in [0, 0.05) is 25.1 Å². The number of rotatable bonds is 6. The molecule has 1 aromatic rings. The van der Waals surface area contributed by atoms with E-state index >= 15 is 0 Å². The average molecular weight is 215 g/mol. The molecule has 0 radical (unpaired) electrons. The van der Waals surface area contributed by atoms with Crippen molar-refractivity contribution in [2.75, 3.05) is 7.11 Å². The Balaban J connectivity index is 2.53. The van der Waals surface area contributed by atoms with Gasteiger partial charge < -0.3 is 4.74 Å². The SMILES string of the molecule is CCC(OC)C(Cc1nccs1)NN. The van der Waals surface area contributed by atoms with Gasteiger partial charge in [0.1, 0.15) is 0 Å². The van der Waals surface area contributed by atoms with Crippen LogP contribution in [0.15, 0.2) is 11.6 Å². The van der Waals surface area contributed by atoms with Crippen molar-refractivity contribution in [1.29, 1.82) is 0 Å². The zero-order valence-corrected chi connectivity index (χ0v) is 9.38. The Bertz CT molecular complexity index is 236.